The quantitative estimate of drug-likeness (QED) is 0.852. The number of likely N-dealkylation sites (tertiary alicyclic amines) is 1. The Bertz CT molecular complexity index is 665. The van der Waals surface area contributed by atoms with Crippen LogP contribution in [-0.4, -0.2) is 28.9 Å². The van der Waals surface area contributed by atoms with Crippen molar-refractivity contribution in [2.24, 2.45) is 0 Å². The first-order valence-electron chi connectivity index (χ1n) is 8.36. The number of nitrogens with one attached hydrogen (secondary N) is 1. The average Bonchev–Trinajstić information content (AvgIpc) is 3.03. The minimum absolute atomic E-state index is 0.00472. The van der Waals surface area contributed by atoms with E-state index in [0.29, 0.717) is 18.0 Å². The molecule has 0 bridgehead atoms. The zero-order valence-corrected chi connectivity index (χ0v) is 15.2. The first-order valence-corrected chi connectivity index (χ1v) is 9.61. The van der Waals surface area contributed by atoms with Gasteiger partial charge in [-0.2, -0.15) is 0 Å². The van der Waals surface area contributed by atoms with Crippen molar-refractivity contribution in [2.45, 2.75) is 38.8 Å². The number of aromatic nitrogens is 1. The Hall–Kier alpha value is -1.43. The van der Waals surface area contributed by atoms with Gasteiger partial charge in [-0.25, -0.2) is 4.98 Å². The van der Waals surface area contributed by atoms with Gasteiger partial charge in [0, 0.05) is 16.9 Å². The molecule has 2 heterocycles. The predicted octanol–water partition coefficient (Wildman–Crippen LogP) is 3.64. The van der Waals surface area contributed by atoms with Crippen molar-refractivity contribution in [2.75, 3.05) is 13.1 Å². The van der Waals surface area contributed by atoms with Gasteiger partial charge < -0.3 is 5.32 Å². The molecule has 1 aliphatic rings. The van der Waals surface area contributed by atoms with Crippen LogP contribution in [0.4, 0.5) is 0 Å². The summed E-state index contributed by atoms with van der Waals surface area (Å²) in [6.07, 6.45) is 4.29. The third-order valence-electron chi connectivity index (χ3n) is 4.15. The van der Waals surface area contributed by atoms with E-state index in [1.54, 1.807) is 23.5 Å². The van der Waals surface area contributed by atoms with Crippen molar-refractivity contribution in [3.63, 3.8) is 0 Å². The summed E-state index contributed by atoms with van der Waals surface area (Å²) in [4.78, 5) is 19.1. The van der Waals surface area contributed by atoms with Gasteiger partial charge in [0.25, 0.3) is 0 Å². The molecule has 1 aromatic heterocycles. The van der Waals surface area contributed by atoms with Crippen molar-refractivity contribution in [3.05, 3.63) is 50.9 Å². The molecule has 128 valence electrons. The van der Waals surface area contributed by atoms with Crippen LogP contribution in [0.3, 0.4) is 0 Å². The third-order valence-corrected chi connectivity index (χ3v) is 5.30. The number of benzene rings is 1. The molecule has 1 saturated heterocycles. The Labute approximate surface area is 151 Å². The summed E-state index contributed by atoms with van der Waals surface area (Å²) in [5.41, 5.74) is 2.07. The van der Waals surface area contributed by atoms with E-state index in [9.17, 15) is 4.79 Å². The smallest absolute Gasteiger partial charge is 0.224 e. The van der Waals surface area contributed by atoms with Crippen LogP contribution in [0.5, 0.6) is 0 Å². The van der Waals surface area contributed by atoms with E-state index in [1.165, 1.54) is 32.4 Å². The highest BCUT2D eigenvalue weighted by atomic mass is 35.5. The number of carbonyl (C=O) groups is 1. The second-order valence-corrected chi connectivity index (χ2v) is 7.53. The summed E-state index contributed by atoms with van der Waals surface area (Å²) < 4.78 is 0. The van der Waals surface area contributed by atoms with E-state index < -0.39 is 0 Å². The maximum absolute atomic E-state index is 12.0. The van der Waals surface area contributed by atoms with E-state index >= 15 is 0 Å². The Morgan fingerprint density at radius 1 is 1.21 bits per heavy atom. The molecule has 1 fully saturated rings. The van der Waals surface area contributed by atoms with Crippen LogP contribution in [0.15, 0.2) is 29.6 Å². The van der Waals surface area contributed by atoms with Gasteiger partial charge in [-0.05, 0) is 43.6 Å². The SMILES string of the molecule is O=C(Cc1ccc(Cl)cc1)NCc1nc(CN2CCCCC2)cs1. The monoisotopic (exact) mass is 363 g/mol. The van der Waals surface area contributed by atoms with Crippen molar-refractivity contribution < 1.29 is 4.79 Å². The highest BCUT2D eigenvalue weighted by Gasteiger charge is 2.12. The molecule has 0 unspecified atom stereocenters. The number of thiazole rings is 1. The molecule has 1 amide bonds. The molecule has 24 heavy (non-hydrogen) atoms. The van der Waals surface area contributed by atoms with E-state index in [2.05, 4.69) is 20.6 Å². The van der Waals surface area contributed by atoms with Gasteiger partial charge in [0.15, 0.2) is 0 Å². The number of halogens is 1. The summed E-state index contributed by atoms with van der Waals surface area (Å²) in [7, 11) is 0. The van der Waals surface area contributed by atoms with Crippen molar-refractivity contribution >= 4 is 28.8 Å². The predicted molar refractivity (Wildman–Crippen MR) is 98.2 cm³/mol. The fraction of sp³-hybridized carbons (Fsp3) is 0.444. The van der Waals surface area contributed by atoms with Crippen molar-refractivity contribution in [1.82, 2.24) is 15.2 Å². The second kappa shape index (κ2) is 8.60. The van der Waals surface area contributed by atoms with E-state index in [0.717, 1.165) is 22.8 Å². The summed E-state index contributed by atoms with van der Waals surface area (Å²) in [5, 5.41) is 6.70. The molecule has 0 atom stereocenters. The van der Waals surface area contributed by atoms with Crippen LogP contribution >= 0.6 is 22.9 Å². The van der Waals surface area contributed by atoms with E-state index in [1.807, 2.05) is 12.1 Å². The van der Waals surface area contributed by atoms with Crippen molar-refractivity contribution in [1.29, 1.82) is 0 Å². The van der Waals surface area contributed by atoms with Gasteiger partial charge in [0.2, 0.25) is 5.91 Å². The molecule has 0 radical (unpaired) electrons. The van der Waals surface area contributed by atoms with E-state index in [4.69, 9.17) is 11.6 Å². The summed E-state index contributed by atoms with van der Waals surface area (Å²) in [5.74, 6) is 0.00472. The third kappa shape index (κ3) is 5.30. The molecule has 6 heteroatoms. The van der Waals surface area contributed by atoms with Crippen LogP contribution in [-0.2, 0) is 24.3 Å². The molecule has 1 aromatic carbocycles. The Kier molecular flexibility index (Phi) is 6.24. The lowest BCUT2D eigenvalue weighted by molar-refractivity contribution is -0.120. The number of amides is 1. The van der Waals surface area contributed by atoms with Gasteiger partial charge in [0.1, 0.15) is 5.01 Å². The largest absolute Gasteiger partial charge is 0.349 e. The lowest BCUT2D eigenvalue weighted by atomic mass is 10.1. The van der Waals surface area contributed by atoms with Crippen LogP contribution in [0.25, 0.3) is 0 Å². The minimum atomic E-state index is 0.00472. The standard InChI is InChI=1S/C18H22ClN3OS/c19-15-6-4-14(5-7-15)10-17(23)20-11-18-21-16(13-24-18)12-22-8-2-1-3-9-22/h4-7,13H,1-3,8-12H2,(H,20,23). The first-order chi connectivity index (χ1) is 11.7. The van der Waals surface area contributed by atoms with Gasteiger partial charge >= 0.3 is 0 Å². The van der Waals surface area contributed by atoms with Crippen LogP contribution in [0, 0.1) is 0 Å². The van der Waals surface area contributed by atoms with Gasteiger partial charge in [-0.3, -0.25) is 9.69 Å². The second-order valence-electron chi connectivity index (χ2n) is 6.15. The Balaban J connectivity index is 1.44. The minimum Gasteiger partial charge on any atom is -0.349 e. The lowest BCUT2D eigenvalue weighted by Crippen LogP contribution is -2.29. The normalized spacial score (nSPS) is 15.4. The van der Waals surface area contributed by atoms with E-state index in [-0.39, 0.29) is 5.91 Å². The number of hydrogen-bond acceptors (Lipinski definition) is 4. The molecular weight excluding hydrogens is 342 g/mol. The Morgan fingerprint density at radius 2 is 1.96 bits per heavy atom. The highest BCUT2D eigenvalue weighted by Crippen LogP contribution is 2.15. The van der Waals surface area contributed by atoms with Gasteiger partial charge in [-0.1, -0.05) is 30.2 Å². The highest BCUT2D eigenvalue weighted by molar-refractivity contribution is 7.09. The number of rotatable bonds is 6. The molecule has 3 rings (SSSR count). The molecule has 2 aromatic rings. The van der Waals surface area contributed by atoms with Gasteiger partial charge in [0.05, 0.1) is 18.7 Å². The summed E-state index contributed by atoms with van der Waals surface area (Å²) >= 11 is 7.47. The molecule has 1 aliphatic heterocycles. The lowest BCUT2D eigenvalue weighted by Gasteiger charge is -2.25. The maximum atomic E-state index is 12.0. The first kappa shape index (κ1) is 17.4. The zero-order valence-electron chi connectivity index (χ0n) is 13.6. The fourth-order valence-electron chi connectivity index (χ4n) is 2.87. The number of carbonyl (C=O) groups excluding carboxylic acids is 1. The average molecular weight is 364 g/mol. The molecule has 4 nitrogen and oxygen atoms in total. The van der Waals surface area contributed by atoms with Gasteiger partial charge in [-0.15, -0.1) is 11.3 Å². The van der Waals surface area contributed by atoms with Crippen LogP contribution in [0.1, 0.15) is 35.5 Å². The molecule has 1 N–H and O–H groups in total. The zero-order chi connectivity index (χ0) is 16.8. The fourth-order valence-corrected chi connectivity index (χ4v) is 3.72. The van der Waals surface area contributed by atoms with Crippen LogP contribution in [0.2, 0.25) is 5.02 Å². The number of hydrogen-bond donors (Lipinski definition) is 1. The van der Waals surface area contributed by atoms with Crippen LogP contribution < -0.4 is 5.32 Å². The molecule has 0 aliphatic carbocycles. The summed E-state index contributed by atoms with van der Waals surface area (Å²) in [6.45, 7) is 3.77. The van der Waals surface area contributed by atoms with Crippen molar-refractivity contribution in [3.8, 4) is 0 Å². The molecule has 0 saturated carbocycles. The Morgan fingerprint density at radius 3 is 2.71 bits per heavy atom. The molecular formula is C18H22ClN3OS. The number of nitrogens with zero attached hydrogens (tertiary/aromatic N) is 2. The topological polar surface area (TPSA) is 45.2 Å². The molecule has 0 spiro atoms. The maximum Gasteiger partial charge on any atom is 0.224 e. The number of piperidine rings is 1. The summed E-state index contributed by atoms with van der Waals surface area (Å²) in [6, 6.07) is 7.36.